The van der Waals surface area contributed by atoms with E-state index < -0.39 is 21.8 Å². The lowest BCUT2D eigenvalue weighted by Crippen LogP contribution is -2.22. The molecule has 0 atom stereocenters. The van der Waals surface area contributed by atoms with Crippen LogP contribution in [0, 0.1) is 12.7 Å². The van der Waals surface area contributed by atoms with E-state index in [0.717, 1.165) is 30.3 Å². The lowest BCUT2D eigenvalue weighted by atomic mass is 10.2. The van der Waals surface area contributed by atoms with Crippen molar-refractivity contribution in [2.45, 2.75) is 11.8 Å². The maximum Gasteiger partial charge on any atom is 0.261 e. The maximum absolute atomic E-state index is 13.2. The molecule has 0 unspecified atom stereocenters. The van der Waals surface area contributed by atoms with Crippen LogP contribution in [0.5, 0.6) is 0 Å². The summed E-state index contributed by atoms with van der Waals surface area (Å²) in [5, 5.41) is 10.6. The van der Waals surface area contributed by atoms with Crippen molar-refractivity contribution >= 4 is 21.7 Å². The minimum atomic E-state index is -3.93. The average Bonchev–Trinajstić information content (AvgIpc) is 2.43. The van der Waals surface area contributed by atoms with E-state index in [1.54, 1.807) is 6.92 Å². The molecule has 0 fully saturated rings. The van der Waals surface area contributed by atoms with Gasteiger partial charge in [0.25, 0.3) is 10.0 Å². The van der Waals surface area contributed by atoms with Crippen LogP contribution in [0.25, 0.3) is 0 Å². The highest BCUT2D eigenvalue weighted by Gasteiger charge is 2.15. The van der Waals surface area contributed by atoms with Gasteiger partial charge in [-0.1, -0.05) is 18.2 Å². The Kier molecular flexibility index (Phi) is 3.95. The quantitative estimate of drug-likeness (QED) is 0.922. The van der Waals surface area contributed by atoms with Gasteiger partial charge >= 0.3 is 0 Å². The number of carboxylic acid groups (broad SMARTS) is 1. The Morgan fingerprint density at radius 3 is 2.33 bits per heavy atom. The number of carboxylic acids is 1. The highest BCUT2D eigenvalue weighted by molar-refractivity contribution is 7.92. The van der Waals surface area contributed by atoms with E-state index in [4.69, 9.17) is 0 Å². The third kappa shape index (κ3) is 3.38. The number of benzene rings is 2. The van der Waals surface area contributed by atoms with Crippen molar-refractivity contribution in [2.75, 3.05) is 4.72 Å². The number of carbonyl (C=O) groups excluding carboxylic acids is 1. The van der Waals surface area contributed by atoms with Crippen LogP contribution in [0.4, 0.5) is 10.1 Å². The largest absolute Gasteiger partial charge is 0.545 e. The zero-order chi connectivity index (χ0) is 15.6. The predicted octanol–water partition coefficient (Wildman–Crippen LogP) is 1.30. The van der Waals surface area contributed by atoms with Gasteiger partial charge in [0, 0.05) is 0 Å². The van der Waals surface area contributed by atoms with Gasteiger partial charge in [-0.3, -0.25) is 4.72 Å². The normalized spacial score (nSPS) is 11.1. The SMILES string of the molecule is Cc1ccc(F)cc1NS(=O)(=O)c1ccc(C(=O)[O-])cc1. The Balaban J connectivity index is 2.34. The van der Waals surface area contributed by atoms with E-state index in [1.165, 1.54) is 12.1 Å². The van der Waals surface area contributed by atoms with E-state index in [0.29, 0.717) is 5.56 Å². The standard InChI is InChI=1S/C14H12FNO4S/c1-9-2-5-11(15)8-13(9)16-21(19,20)12-6-3-10(4-7-12)14(17)18/h2-8,16H,1H3,(H,17,18)/p-1. The van der Waals surface area contributed by atoms with Crippen LogP contribution in [-0.2, 0) is 10.0 Å². The van der Waals surface area contributed by atoms with Crippen molar-refractivity contribution in [3.05, 3.63) is 59.4 Å². The van der Waals surface area contributed by atoms with Crippen LogP contribution >= 0.6 is 0 Å². The summed E-state index contributed by atoms with van der Waals surface area (Å²) in [4.78, 5) is 10.5. The number of aromatic carboxylic acids is 1. The Morgan fingerprint density at radius 2 is 1.76 bits per heavy atom. The maximum atomic E-state index is 13.2. The molecule has 0 heterocycles. The van der Waals surface area contributed by atoms with Gasteiger partial charge in [-0.05, 0) is 42.3 Å². The van der Waals surface area contributed by atoms with Crippen LogP contribution < -0.4 is 9.83 Å². The van der Waals surface area contributed by atoms with Gasteiger partial charge in [0.2, 0.25) is 0 Å². The lowest BCUT2D eigenvalue weighted by Gasteiger charge is -2.11. The highest BCUT2D eigenvalue weighted by atomic mass is 32.2. The Bertz CT molecular complexity index is 785. The number of nitrogens with one attached hydrogen (secondary N) is 1. The number of hydrogen-bond acceptors (Lipinski definition) is 4. The van der Waals surface area contributed by atoms with E-state index in [9.17, 15) is 22.7 Å². The van der Waals surface area contributed by atoms with Crippen LogP contribution in [0.2, 0.25) is 0 Å². The number of aryl methyl sites for hydroxylation is 1. The first-order valence-corrected chi connectivity index (χ1v) is 7.38. The molecule has 2 rings (SSSR count). The molecule has 0 bridgehead atoms. The van der Waals surface area contributed by atoms with Crippen molar-refractivity contribution in [3.8, 4) is 0 Å². The van der Waals surface area contributed by atoms with Crippen LogP contribution in [0.1, 0.15) is 15.9 Å². The molecule has 21 heavy (non-hydrogen) atoms. The number of carbonyl (C=O) groups is 1. The van der Waals surface area contributed by atoms with Gasteiger partial charge in [0.1, 0.15) is 5.82 Å². The van der Waals surface area contributed by atoms with Gasteiger partial charge in [-0.25, -0.2) is 12.8 Å². The van der Waals surface area contributed by atoms with Crippen molar-refractivity contribution in [1.29, 1.82) is 0 Å². The summed E-state index contributed by atoms with van der Waals surface area (Å²) in [5.41, 5.74) is 0.557. The summed E-state index contributed by atoms with van der Waals surface area (Å²) in [5.74, 6) is -1.96. The Morgan fingerprint density at radius 1 is 1.14 bits per heavy atom. The fourth-order valence-electron chi connectivity index (χ4n) is 1.68. The summed E-state index contributed by atoms with van der Waals surface area (Å²) in [6, 6.07) is 8.28. The summed E-state index contributed by atoms with van der Waals surface area (Å²) in [6.45, 7) is 1.64. The van der Waals surface area contributed by atoms with Gasteiger partial charge < -0.3 is 9.90 Å². The fourth-order valence-corrected chi connectivity index (χ4v) is 2.80. The third-order valence-corrected chi connectivity index (χ3v) is 4.23. The molecule has 0 aromatic heterocycles. The van der Waals surface area contributed by atoms with Gasteiger partial charge in [-0.15, -0.1) is 0 Å². The lowest BCUT2D eigenvalue weighted by molar-refractivity contribution is -0.255. The van der Waals surface area contributed by atoms with Gasteiger partial charge in [0.05, 0.1) is 16.6 Å². The molecule has 2 aromatic carbocycles. The molecule has 5 nitrogen and oxygen atoms in total. The van der Waals surface area contributed by atoms with Crippen molar-refractivity contribution in [2.24, 2.45) is 0 Å². The first-order valence-electron chi connectivity index (χ1n) is 5.90. The number of halogens is 1. The van der Waals surface area contributed by atoms with Crippen LogP contribution in [0.3, 0.4) is 0 Å². The van der Waals surface area contributed by atoms with E-state index in [2.05, 4.69) is 4.72 Å². The van der Waals surface area contributed by atoms with E-state index in [1.807, 2.05) is 0 Å². The summed E-state index contributed by atoms with van der Waals surface area (Å²) < 4.78 is 39.7. The molecule has 1 N–H and O–H groups in total. The molecule has 0 aliphatic heterocycles. The molecular weight excluding hydrogens is 297 g/mol. The van der Waals surface area contributed by atoms with Gasteiger partial charge in [0.15, 0.2) is 0 Å². The molecule has 7 heteroatoms. The topological polar surface area (TPSA) is 86.3 Å². The molecule has 2 aromatic rings. The number of sulfonamides is 1. The fraction of sp³-hybridized carbons (Fsp3) is 0.0714. The second-order valence-corrected chi connectivity index (χ2v) is 6.06. The minimum Gasteiger partial charge on any atom is -0.545 e. The first kappa shape index (κ1) is 15.0. The predicted molar refractivity (Wildman–Crippen MR) is 72.7 cm³/mol. The monoisotopic (exact) mass is 308 g/mol. The molecule has 0 saturated carbocycles. The third-order valence-electron chi connectivity index (χ3n) is 2.84. The molecule has 0 aliphatic rings. The highest BCUT2D eigenvalue weighted by Crippen LogP contribution is 2.21. The van der Waals surface area contributed by atoms with Crippen LogP contribution in [-0.4, -0.2) is 14.4 Å². The summed E-state index contributed by atoms with van der Waals surface area (Å²) in [6.07, 6.45) is 0. The van der Waals surface area contributed by atoms with Crippen molar-refractivity contribution in [3.63, 3.8) is 0 Å². The van der Waals surface area contributed by atoms with E-state index >= 15 is 0 Å². The molecule has 0 radical (unpaired) electrons. The molecular formula is C14H11FNO4S-. The molecule has 0 amide bonds. The molecule has 0 saturated heterocycles. The molecule has 0 aliphatic carbocycles. The Hall–Kier alpha value is -2.41. The Labute approximate surface area is 121 Å². The number of rotatable bonds is 4. The van der Waals surface area contributed by atoms with Crippen molar-refractivity contribution < 1.29 is 22.7 Å². The minimum absolute atomic E-state index is 0.124. The summed E-state index contributed by atoms with van der Waals surface area (Å²) >= 11 is 0. The zero-order valence-electron chi connectivity index (χ0n) is 11.0. The number of anilines is 1. The molecule has 110 valence electrons. The zero-order valence-corrected chi connectivity index (χ0v) is 11.8. The second kappa shape index (κ2) is 5.53. The van der Waals surface area contributed by atoms with E-state index in [-0.39, 0.29) is 16.1 Å². The number of hydrogen-bond donors (Lipinski definition) is 1. The smallest absolute Gasteiger partial charge is 0.261 e. The summed E-state index contributed by atoms with van der Waals surface area (Å²) in [7, 11) is -3.93. The molecule has 0 spiro atoms. The van der Waals surface area contributed by atoms with Crippen molar-refractivity contribution in [1.82, 2.24) is 0 Å². The van der Waals surface area contributed by atoms with Crippen LogP contribution in [0.15, 0.2) is 47.4 Å². The van der Waals surface area contributed by atoms with Gasteiger partial charge in [-0.2, -0.15) is 0 Å². The average molecular weight is 308 g/mol. The first-order chi connectivity index (χ1) is 9.79. The second-order valence-electron chi connectivity index (χ2n) is 4.38.